The number of hydrogen-bond acceptors (Lipinski definition) is 3. The number of carboxylic acids is 1. The molecule has 0 amide bonds. The van der Waals surface area contributed by atoms with E-state index in [1.165, 1.54) is 0 Å². The molecule has 2 aromatic rings. The molecule has 0 spiro atoms. The quantitative estimate of drug-likeness (QED) is 0.828. The van der Waals surface area contributed by atoms with Crippen molar-refractivity contribution in [1.29, 1.82) is 0 Å². The van der Waals surface area contributed by atoms with Crippen LogP contribution in [0.3, 0.4) is 0 Å². The normalized spacial score (nSPS) is 10.0. The minimum absolute atomic E-state index is 0. The van der Waals surface area contributed by atoms with Gasteiger partial charge in [0.25, 0.3) is 0 Å². The maximum absolute atomic E-state index is 10.9. The Balaban J connectivity index is 0.00000242. The third kappa shape index (κ3) is 4.64. The molecule has 0 radical (unpaired) electrons. The van der Waals surface area contributed by atoms with E-state index in [4.69, 9.17) is 23.2 Å². The van der Waals surface area contributed by atoms with E-state index in [-0.39, 0.29) is 36.0 Å². The Morgan fingerprint density at radius 3 is 2.41 bits per heavy atom. The van der Waals surface area contributed by atoms with Gasteiger partial charge in [0.05, 0.1) is 10.7 Å². The fourth-order valence-corrected chi connectivity index (χ4v) is 2.47. The summed E-state index contributed by atoms with van der Waals surface area (Å²) in [7, 11) is 0. The molecular formula is C16H14Cl2NNaO2. The first-order valence-electron chi connectivity index (χ1n) is 6.39. The Bertz CT molecular complexity index is 705. The van der Waals surface area contributed by atoms with Gasteiger partial charge in [-0.15, -0.1) is 0 Å². The van der Waals surface area contributed by atoms with Crippen molar-refractivity contribution < 1.29 is 39.5 Å². The number of aryl methyl sites for hydroxylation is 1. The summed E-state index contributed by atoms with van der Waals surface area (Å²) in [6, 6.07) is 9.05. The SMILES string of the molecule is Cc1ccc(Nc2ccc(Cl)c(C)c2Cl)c(CC(=O)[O-])c1.[Na+]. The predicted octanol–water partition coefficient (Wildman–Crippen LogP) is 0.650. The average Bonchev–Trinajstić information content (AvgIpc) is 2.41. The number of carboxylic acid groups (broad SMARTS) is 1. The molecule has 0 bridgehead atoms. The van der Waals surface area contributed by atoms with Crippen LogP contribution in [0.4, 0.5) is 11.4 Å². The molecule has 3 nitrogen and oxygen atoms in total. The maximum Gasteiger partial charge on any atom is 1.00 e. The Morgan fingerprint density at radius 1 is 1.14 bits per heavy atom. The van der Waals surface area contributed by atoms with E-state index in [0.717, 1.165) is 11.1 Å². The summed E-state index contributed by atoms with van der Waals surface area (Å²) in [6.07, 6.45) is -0.159. The zero-order valence-corrected chi connectivity index (χ0v) is 16.2. The number of rotatable bonds is 4. The van der Waals surface area contributed by atoms with Gasteiger partial charge in [0, 0.05) is 23.1 Å². The van der Waals surface area contributed by atoms with Crippen LogP contribution in [0.15, 0.2) is 30.3 Å². The van der Waals surface area contributed by atoms with Crippen LogP contribution in [0, 0.1) is 13.8 Å². The molecule has 0 aliphatic heterocycles. The molecule has 0 atom stereocenters. The van der Waals surface area contributed by atoms with Gasteiger partial charge in [-0.3, -0.25) is 0 Å². The Labute approximate surface area is 161 Å². The van der Waals surface area contributed by atoms with E-state index < -0.39 is 5.97 Å². The zero-order chi connectivity index (χ0) is 15.6. The summed E-state index contributed by atoms with van der Waals surface area (Å²) in [6.45, 7) is 3.73. The largest absolute Gasteiger partial charge is 1.00 e. The van der Waals surface area contributed by atoms with Crippen molar-refractivity contribution in [3.05, 3.63) is 57.1 Å². The Kier molecular flexibility index (Phi) is 7.23. The number of benzene rings is 2. The van der Waals surface area contributed by atoms with Crippen LogP contribution in [-0.2, 0) is 11.2 Å². The first-order chi connectivity index (χ1) is 9.88. The number of aliphatic carboxylic acids is 1. The van der Waals surface area contributed by atoms with Gasteiger partial charge in [-0.1, -0.05) is 40.9 Å². The van der Waals surface area contributed by atoms with Gasteiger partial charge in [0.1, 0.15) is 0 Å². The van der Waals surface area contributed by atoms with E-state index in [9.17, 15) is 9.90 Å². The van der Waals surface area contributed by atoms with Crippen molar-refractivity contribution in [3.63, 3.8) is 0 Å². The van der Waals surface area contributed by atoms with E-state index in [0.29, 0.717) is 27.0 Å². The monoisotopic (exact) mass is 345 g/mol. The van der Waals surface area contributed by atoms with E-state index in [1.807, 2.05) is 32.0 Å². The van der Waals surface area contributed by atoms with Crippen LogP contribution in [0.5, 0.6) is 0 Å². The second-order valence-corrected chi connectivity index (χ2v) is 5.65. The molecule has 110 valence electrons. The van der Waals surface area contributed by atoms with Crippen molar-refractivity contribution >= 4 is 40.5 Å². The summed E-state index contributed by atoms with van der Waals surface area (Å²) < 4.78 is 0. The van der Waals surface area contributed by atoms with E-state index in [1.54, 1.807) is 12.1 Å². The fourth-order valence-electron chi connectivity index (χ4n) is 2.05. The number of carbonyl (C=O) groups is 1. The van der Waals surface area contributed by atoms with Crippen LogP contribution < -0.4 is 40.0 Å². The van der Waals surface area contributed by atoms with Gasteiger partial charge < -0.3 is 15.2 Å². The summed E-state index contributed by atoms with van der Waals surface area (Å²) >= 11 is 12.3. The first-order valence-corrected chi connectivity index (χ1v) is 7.15. The molecule has 0 unspecified atom stereocenters. The second-order valence-electron chi connectivity index (χ2n) is 4.87. The van der Waals surface area contributed by atoms with E-state index in [2.05, 4.69) is 5.32 Å². The first kappa shape index (κ1) is 19.3. The van der Waals surface area contributed by atoms with Gasteiger partial charge >= 0.3 is 29.6 Å². The van der Waals surface area contributed by atoms with Crippen LogP contribution in [0.25, 0.3) is 0 Å². The summed E-state index contributed by atoms with van der Waals surface area (Å²) in [4.78, 5) is 10.9. The molecule has 0 aliphatic carbocycles. The number of carbonyl (C=O) groups excluding carboxylic acids is 1. The number of nitrogens with one attached hydrogen (secondary N) is 1. The van der Waals surface area contributed by atoms with Crippen LogP contribution in [0.1, 0.15) is 16.7 Å². The Hall–Kier alpha value is -0.710. The van der Waals surface area contributed by atoms with Crippen molar-refractivity contribution in [2.45, 2.75) is 20.3 Å². The molecular weight excluding hydrogens is 332 g/mol. The van der Waals surface area contributed by atoms with Crippen LogP contribution in [-0.4, -0.2) is 5.97 Å². The average molecular weight is 346 g/mol. The van der Waals surface area contributed by atoms with Crippen LogP contribution in [0.2, 0.25) is 10.0 Å². The van der Waals surface area contributed by atoms with Gasteiger partial charge in [0.2, 0.25) is 0 Å². The minimum atomic E-state index is -1.12. The molecule has 0 aromatic heterocycles. The maximum atomic E-state index is 10.9. The molecule has 2 aromatic carbocycles. The van der Waals surface area contributed by atoms with Gasteiger partial charge in [-0.2, -0.15) is 0 Å². The third-order valence-electron chi connectivity index (χ3n) is 3.19. The zero-order valence-electron chi connectivity index (χ0n) is 12.7. The van der Waals surface area contributed by atoms with Crippen LogP contribution >= 0.6 is 23.2 Å². The molecule has 0 aliphatic rings. The molecule has 0 fully saturated rings. The smallest absolute Gasteiger partial charge is 0.550 e. The van der Waals surface area contributed by atoms with Crippen molar-refractivity contribution in [3.8, 4) is 0 Å². The second kappa shape index (κ2) is 8.23. The number of halogens is 2. The summed E-state index contributed by atoms with van der Waals surface area (Å²) in [5.41, 5.74) is 3.78. The molecule has 0 saturated heterocycles. The molecule has 2 rings (SSSR count). The fraction of sp³-hybridized carbons (Fsp3) is 0.188. The van der Waals surface area contributed by atoms with Gasteiger partial charge in [-0.05, 0) is 43.2 Å². The predicted molar refractivity (Wildman–Crippen MR) is 84.4 cm³/mol. The van der Waals surface area contributed by atoms with Gasteiger partial charge in [0.15, 0.2) is 0 Å². The van der Waals surface area contributed by atoms with Crippen molar-refractivity contribution in [1.82, 2.24) is 0 Å². The Morgan fingerprint density at radius 2 is 1.77 bits per heavy atom. The standard InChI is InChI=1S/C16H15Cl2NO2.Na/c1-9-3-5-13(11(7-9)8-15(20)21)19-14-6-4-12(17)10(2)16(14)18;/h3-7,19H,8H2,1-2H3,(H,20,21);/q;+1/p-1. The third-order valence-corrected chi connectivity index (χ3v) is 4.08. The molecule has 22 heavy (non-hydrogen) atoms. The molecule has 0 saturated carbocycles. The molecule has 1 N–H and O–H groups in total. The molecule has 0 heterocycles. The van der Waals surface area contributed by atoms with Crippen molar-refractivity contribution in [2.75, 3.05) is 5.32 Å². The van der Waals surface area contributed by atoms with Crippen molar-refractivity contribution in [2.24, 2.45) is 0 Å². The summed E-state index contributed by atoms with van der Waals surface area (Å²) in [5, 5.41) is 15.1. The number of anilines is 2. The van der Waals surface area contributed by atoms with Gasteiger partial charge in [-0.25, -0.2) is 0 Å². The topological polar surface area (TPSA) is 52.2 Å². The molecule has 6 heteroatoms. The number of hydrogen-bond donors (Lipinski definition) is 1. The minimum Gasteiger partial charge on any atom is -0.550 e. The summed E-state index contributed by atoms with van der Waals surface area (Å²) in [5.74, 6) is -1.12. The van der Waals surface area contributed by atoms with E-state index >= 15 is 0 Å².